The van der Waals surface area contributed by atoms with Crippen molar-refractivity contribution in [3.05, 3.63) is 12.2 Å². The standard InChI is InChI=1S/C16H26FN5O4Si2/c1-8(2)28-23-6-10-12(25-27-26-28)16(4,17)15(24-10)22-7-19-11-13(18-5)20-9(3)21-14(11)22/h7-8,10,12,15,28H,6,27H2,1-5H3,(H,18,20,21)/t10-,12-,15-,16-,28?/m1/s1. The number of hydrogen-bond donors (Lipinski definition) is 1. The Bertz CT molecular complexity index is 867. The quantitative estimate of drug-likeness (QED) is 0.721. The van der Waals surface area contributed by atoms with E-state index in [2.05, 4.69) is 34.1 Å². The highest BCUT2D eigenvalue weighted by Gasteiger charge is 2.57. The first-order valence-corrected chi connectivity index (χ1v) is 12.2. The summed E-state index contributed by atoms with van der Waals surface area (Å²) in [6.07, 6.45) is -0.645. The largest absolute Gasteiger partial charge is 0.421 e. The highest BCUT2D eigenvalue weighted by atomic mass is 28.4. The van der Waals surface area contributed by atoms with Crippen molar-refractivity contribution in [2.45, 2.75) is 57.3 Å². The summed E-state index contributed by atoms with van der Waals surface area (Å²) in [4.78, 5) is 13.2. The number of nitrogens with one attached hydrogen (secondary N) is 1. The topological polar surface area (TPSA) is 92.6 Å². The first-order chi connectivity index (χ1) is 13.3. The second-order valence-corrected chi connectivity index (χ2v) is 12.0. The molecular weight excluding hydrogens is 401 g/mol. The Labute approximate surface area is 166 Å². The maximum absolute atomic E-state index is 15.9. The Kier molecular flexibility index (Phi) is 5.26. The van der Waals surface area contributed by atoms with Gasteiger partial charge in [0.25, 0.3) is 10.0 Å². The fourth-order valence-corrected chi connectivity index (χ4v) is 8.01. The van der Waals surface area contributed by atoms with Crippen LogP contribution >= 0.6 is 0 Å². The summed E-state index contributed by atoms with van der Waals surface area (Å²) in [6, 6.07) is 0. The van der Waals surface area contributed by atoms with Gasteiger partial charge in [0.15, 0.2) is 28.9 Å². The van der Waals surface area contributed by atoms with E-state index in [1.807, 2.05) is 0 Å². The summed E-state index contributed by atoms with van der Waals surface area (Å²) in [5.41, 5.74) is -0.384. The smallest absolute Gasteiger partial charge is 0.315 e. The van der Waals surface area contributed by atoms with Crippen molar-refractivity contribution in [3.8, 4) is 0 Å². The number of halogens is 1. The number of ether oxygens (including phenoxy) is 1. The van der Waals surface area contributed by atoms with Gasteiger partial charge in [0.05, 0.1) is 12.9 Å². The zero-order valence-corrected chi connectivity index (χ0v) is 19.2. The van der Waals surface area contributed by atoms with Crippen LogP contribution in [-0.4, -0.2) is 70.3 Å². The number of aryl methyl sites for hydroxylation is 1. The summed E-state index contributed by atoms with van der Waals surface area (Å²) < 4.78 is 41.4. The molecule has 0 saturated carbocycles. The number of rotatable bonds is 3. The lowest BCUT2D eigenvalue weighted by Crippen LogP contribution is -2.47. The molecule has 4 heterocycles. The van der Waals surface area contributed by atoms with Gasteiger partial charge in [0.1, 0.15) is 18.0 Å². The van der Waals surface area contributed by atoms with Gasteiger partial charge in [-0.1, -0.05) is 13.8 Å². The molecule has 2 saturated heterocycles. The zero-order chi connectivity index (χ0) is 20.1. The van der Waals surface area contributed by atoms with E-state index in [0.717, 1.165) is 0 Å². The minimum absolute atomic E-state index is 0.257. The molecule has 0 aromatic carbocycles. The van der Waals surface area contributed by atoms with Crippen molar-refractivity contribution in [2.75, 3.05) is 19.0 Å². The van der Waals surface area contributed by atoms with Crippen LogP contribution in [0.3, 0.4) is 0 Å². The summed E-state index contributed by atoms with van der Waals surface area (Å²) >= 11 is 0. The van der Waals surface area contributed by atoms with E-state index >= 15 is 4.39 Å². The van der Waals surface area contributed by atoms with Crippen LogP contribution in [0.1, 0.15) is 32.8 Å². The first-order valence-electron chi connectivity index (χ1n) is 9.41. The third-order valence-electron chi connectivity index (χ3n) is 5.15. The van der Waals surface area contributed by atoms with Gasteiger partial charge in [0.2, 0.25) is 0 Å². The van der Waals surface area contributed by atoms with Crippen molar-refractivity contribution in [1.82, 2.24) is 19.5 Å². The van der Waals surface area contributed by atoms with Crippen molar-refractivity contribution < 1.29 is 22.1 Å². The lowest BCUT2D eigenvalue weighted by molar-refractivity contribution is -0.0561. The summed E-state index contributed by atoms with van der Waals surface area (Å²) in [6.45, 7) is 7.68. The highest BCUT2D eigenvalue weighted by molar-refractivity contribution is 6.52. The van der Waals surface area contributed by atoms with Crippen LogP contribution in [0.2, 0.25) is 5.54 Å². The SMILES string of the molecule is CNc1nc(C)nc2c1ncn2[C@@H]1O[C@@H]2CO[SiH](C(C)C)O[SiH2]O[C@H]2[C@@]1(C)F. The average molecular weight is 428 g/mol. The van der Waals surface area contributed by atoms with Gasteiger partial charge in [-0.2, -0.15) is 0 Å². The number of fused-ring (bicyclic) bond motifs is 2. The van der Waals surface area contributed by atoms with Crippen LogP contribution in [-0.2, 0) is 17.7 Å². The number of alkyl halides is 1. The first kappa shape index (κ1) is 19.9. The van der Waals surface area contributed by atoms with Gasteiger partial charge in [-0.25, -0.2) is 19.3 Å². The Morgan fingerprint density at radius 1 is 1.43 bits per heavy atom. The van der Waals surface area contributed by atoms with Crippen LogP contribution in [0.25, 0.3) is 11.2 Å². The molecule has 2 aliphatic rings. The molecule has 1 N–H and O–H groups in total. The molecule has 4 rings (SSSR count). The number of imidazole rings is 1. The predicted octanol–water partition coefficient (Wildman–Crippen LogP) is 0.863. The van der Waals surface area contributed by atoms with Crippen LogP contribution in [0.4, 0.5) is 10.2 Å². The van der Waals surface area contributed by atoms with Crippen molar-refractivity contribution >= 4 is 36.3 Å². The summed E-state index contributed by atoms with van der Waals surface area (Å²) in [5, 5.41) is 3.00. The van der Waals surface area contributed by atoms with E-state index in [9.17, 15) is 0 Å². The van der Waals surface area contributed by atoms with Crippen molar-refractivity contribution in [1.29, 1.82) is 0 Å². The van der Waals surface area contributed by atoms with E-state index in [-0.39, 0.29) is 6.61 Å². The van der Waals surface area contributed by atoms with E-state index in [1.165, 1.54) is 6.92 Å². The lowest BCUT2D eigenvalue weighted by atomic mass is 9.98. The minimum Gasteiger partial charge on any atom is -0.421 e. The van der Waals surface area contributed by atoms with Crippen molar-refractivity contribution in [3.63, 3.8) is 0 Å². The van der Waals surface area contributed by atoms with Gasteiger partial charge < -0.3 is 23.0 Å². The molecule has 154 valence electrons. The lowest BCUT2D eigenvalue weighted by Gasteiger charge is -2.31. The van der Waals surface area contributed by atoms with Gasteiger partial charge in [0, 0.05) is 7.05 Å². The molecule has 0 radical (unpaired) electrons. The van der Waals surface area contributed by atoms with E-state index < -0.39 is 43.4 Å². The minimum atomic E-state index is -1.82. The fraction of sp³-hybridized carbons (Fsp3) is 0.688. The van der Waals surface area contributed by atoms with Crippen LogP contribution < -0.4 is 5.32 Å². The Balaban J connectivity index is 1.68. The molecule has 2 aromatic heterocycles. The molecule has 2 aromatic rings. The van der Waals surface area contributed by atoms with E-state index in [4.69, 9.17) is 17.7 Å². The molecule has 0 amide bonds. The molecule has 1 unspecified atom stereocenters. The Hall–Kier alpha value is -1.45. The number of anilines is 1. The molecule has 2 aliphatic heterocycles. The Morgan fingerprint density at radius 3 is 2.93 bits per heavy atom. The third kappa shape index (κ3) is 3.27. The second-order valence-electron chi connectivity index (χ2n) is 7.69. The highest BCUT2D eigenvalue weighted by Crippen LogP contribution is 2.44. The molecule has 0 aliphatic carbocycles. The molecule has 12 heteroatoms. The predicted molar refractivity (Wildman–Crippen MR) is 106 cm³/mol. The molecule has 5 atom stereocenters. The summed E-state index contributed by atoms with van der Waals surface area (Å²) in [5.74, 6) is 1.16. The third-order valence-corrected chi connectivity index (χ3v) is 9.12. The number of hydrogen-bond acceptors (Lipinski definition) is 8. The second kappa shape index (κ2) is 7.42. The zero-order valence-electron chi connectivity index (χ0n) is 16.7. The maximum Gasteiger partial charge on any atom is 0.315 e. The van der Waals surface area contributed by atoms with Crippen LogP contribution in [0.5, 0.6) is 0 Å². The van der Waals surface area contributed by atoms with Crippen LogP contribution in [0, 0.1) is 6.92 Å². The maximum atomic E-state index is 15.9. The molecular formula is C16H26FN5O4Si2. The molecule has 0 bridgehead atoms. The molecule has 9 nitrogen and oxygen atoms in total. The average Bonchev–Trinajstić information content (AvgIpc) is 3.12. The van der Waals surface area contributed by atoms with Gasteiger partial charge in [-0.15, -0.1) is 0 Å². The Morgan fingerprint density at radius 2 is 2.21 bits per heavy atom. The van der Waals surface area contributed by atoms with Gasteiger partial charge in [-0.3, -0.25) is 4.57 Å². The normalized spacial score (nSPS) is 34.5. The molecule has 2 fully saturated rings. The van der Waals surface area contributed by atoms with Crippen molar-refractivity contribution in [2.24, 2.45) is 0 Å². The van der Waals surface area contributed by atoms with Gasteiger partial charge in [-0.05, 0) is 19.4 Å². The summed E-state index contributed by atoms with van der Waals surface area (Å²) in [7, 11) is -1.41. The van der Waals surface area contributed by atoms with E-state index in [1.54, 1.807) is 24.9 Å². The number of nitrogens with zero attached hydrogens (tertiary/aromatic N) is 4. The monoisotopic (exact) mass is 427 g/mol. The fourth-order valence-electron chi connectivity index (χ4n) is 3.78. The van der Waals surface area contributed by atoms with Gasteiger partial charge >= 0.3 is 9.28 Å². The molecule has 0 spiro atoms. The molecule has 28 heavy (non-hydrogen) atoms. The van der Waals surface area contributed by atoms with Crippen LogP contribution in [0.15, 0.2) is 6.33 Å². The van der Waals surface area contributed by atoms with E-state index in [0.29, 0.717) is 28.3 Å². The number of aromatic nitrogens is 4.